The predicted molar refractivity (Wildman–Crippen MR) is 112 cm³/mol. The van der Waals surface area contributed by atoms with E-state index < -0.39 is 0 Å². The van der Waals surface area contributed by atoms with Crippen LogP contribution >= 0.6 is 0 Å². The molecule has 0 aliphatic carbocycles. The van der Waals surface area contributed by atoms with Gasteiger partial charge in [0, 0.05) is 24.7 Å². The lowest BCUT2D eigenvalue weighted by molar-refractivity contribution is 0.0939. The van der Waals surface area contributed by atoms with E-state index in [-0.39, 0.29) is 17.8 Å². The maximum Gasteiger partial charge on any atom is 0.251 e. The number of hydrogen-bond acceptors (Lipinski definition) is 2. The van der Waals surface area contributed by atoms with Gasteiger partial charge in [0.2, 0.25) is 0 Å². The summed E-state index contributed by atoms with van der Waals surface area (Å²) in [4.78, 5) is 16.6. The van der Waals surface area contributed by atoms with Gasteiger partial charge in [0.1, 0.15) is 5.82 Å². The molecule has 2 aromatic rings. The summed E-state index contributed by atoms with van der Waals surface area (Å²) in [6.07, 6.45) is 0.899. The molecule has 0 saturated heterocycles. The van der Waals surface area contributed by atoms with E-state index >= 15 is 0 Å². The summed E-state index contributed by atoms with van der Waals surface area (Å²) in [5, 5.41) is 9.39. The summed E-state index contributed by atoms with van der Waals surface area (Å²) in [7, 11) is 0. The summed E-state index contributed by atoms with van der Waals surface area (Å²) < 4.78 is 13.3. The van der Waals surface area contributed by atoms with Gasteiger partial charge in [0.15, 0.2) is 5.96 Å². The van der Waals surface area contributed by atoms with Gasteiger partial charge in [-0.05, 0) is 55.7 Å². The third kappa shape index (κ3) is 7.02. The monoisotopic (exact) mass is 384 g/mol. The molecule has 0 spiro atoms. The molecule has 0 aliphatic rings. The zero-order valence-electron chi connectivity index (χ0n) is 16.8. The van der Waals surface area contributed by atoms with Gasteiger partial charge in [0.05, 0.1) is 6.54 Å². The summed E-state index contributed by atoms with van der Waals surface area (Å²) in [6, 6.07) is 14.1. The van der Waals surface area contributed by atoms with Gasteiger partial charge in [-0.15, -0.1) is 0 Å². The molecule has 28 heavy (non-hydrogen) atoms. The topological polar surface area (TPSA) is 65.5 Å². The van der Waals surface area contributed by atoms with Gasteiger partial charge in [-0.1, -0.05) is 31.2 Å². The summed E-state index contributed by atoms with van der Waals surface area (Å²) in [5.41, 5.74) is 2.50. The van der Waals surface area contributed by atoms with E-state index in [9.17, 15) is 9.18 Å². The fourth-order valence-corrected chi connectivity index (χ4v) is 2.52. The fourth-order valence-electron chi connectivity index (χ4n) is 2.52. The lowest BCUT2D eigenvalue weighted by atomic mass is 10.1. The first-order valence-electron chi connectivity index (χ1n) is 9.68. The van der Waals surface area contributed by atoms with Crippen LogP contribution in [-0.2, 0) is 13.1 Å². The van der Waals surface area contributed by atoms with Crippen molar-refractivity contribution in [2.75, 3.05) is 6.54 Å². The lowest BCUT2D eigenvalue weighted by Crippen LogP contribution is -2.36. The Labute approximate surface area is 166 Å². The van der Waals surface area contributed by atoms with Crippen molar-refractivity contribution < 1.29 is 9.18 Å². The van der Waals surface area contributed by atoms with Crippen LogP contribution in [0.2, 0.25) is 0 Å². The normalized spacial score (nSPS) is 12.4. The largest absolute Gasteiger partial charge is 0.357 e. The second-order valence-corrected chi connectivity index (χ2v) is 6.66. The number of carbonyl (C=O) groups excluding carboxylic acids is 1. The molecule has 2 rings (SSSR count). The third-order valence-electron chi connectivity index (χ3n) is 4.32. The van der Waals surface area contributed by atoms with Crippen LogP contribution in [0.4, 0.5) is 4.39 Å². The molecule has 1 amide bonds. The van der Waals surface area contributed by atoms with E-state index in [0.717, 1.165) is 24.1 Å². The second-order valence-electron chi connectivity index (χ2n) is 6.66. The minimum absolute atomic E-state index is 0.0566. The SMILES string of the molecule is CCNC(=NCc1cccc(F)c1)NCc1ccc(C(=O)NC(C)CC)cc1. The minimum atomic E-state index is -0.261. The Hall–Kier alpha value is -2.89. The van der Waals surface area contributed by atoms with Crippen LogP contribution in [0.1, 0.15) is 48.7 Å². The second kappa shape index (κ2) is 11.1. The Morgan fingerprint density at radius 3 is 2.46 bits per heavy atom. The molecule has 3 N–H and O–H groups in total. The van der Waals surface area contributed by atoms with Gasteiger partial charge in [0.25, 0.3) is 5.91 Å². The van der Waals surface area contributed by atoms with Crippen LogP contribution in [-0.4, -0.2) is 24.5 Å². The van der Waals surface area contributed by atoms with Gasteiger partial charge < -0.3 is 16.0 Å². The van der Waals surface area contributed by atoms with Crippen LogP contribution in [0.3, 0.4) is 0 Å². The highest BCUT2D eigenvalue weighted by atomic mass is 19.1. The van der Waals surface area contributed by atoms with Crippen LogP contribution in [0.15, 0.2) is 53.5 Å². The van der Waals surface area contributed by atoms with Gasteiger partial charge in [-0.25, -0.2) is 9.38 Å². The first-order chi connectivity index (χ1) is 13.5. The molecule has 6 heteroatoms. The summed E-state index contributed by atoms with van der Waals surface area (Å²) in [6.45, 7) is 7.71. The summed E-state index contributed by atoms with van der Waals surface area (Å²) in [5.74, 6) is 0.340. The lowest BCUT2D eigenvalue weighted by Gasteiger charge is -2.13. The molecule has 0 fully saturated rings. The van der Waals surface area contributed by atoms with Crippen molar-refractivity contribution in [2.24, 2.45) is 4.99 Å². The van der Waals surface area contributed by atoms with Crippen LogP contribution in [0.25, 0.3) is 0 Å². The van der Waals surface area contributed by atoms with E-state index in [1.54, 1.807) is 6.07 Å². The quantitative estimate of drug-likeness (QED) is 0.481. The van der Waals surface area contributed by atoms with E-state index in [1.165, 1.54) is 12.1 Å². The molecule has 0 aliphatic heterocycles. The molecular formula is C22H29FN4O. The minimum Gasteiger partial charge on any atom is -0.357 e. The Morgan fingerprint density at radius 1 is 1.07 bits per heavy atom. The molecule has 1 atom stereocenters. The number of nitrogens with one attached hydrogen (secondary N) is 3. The van der Waals surface area contributed by atoms with E-state index in [1.807, 2.05) is 51.1 Å². The highest BCUT2D eigenvalue weighted by molar-refractivity contribution is 5.94. The van der Waals surface area contributed by atoms with E-state index in [0.29, 0.717) is 24.6 Å². The van der Waals surface area contributed by atoms with Crippen molar-refractivity contribution in [3.8, 4) is 0 Å². The van der Waals surface area contributed by atoms with Gasteiger partial charge in [-0.2, -0.15) is 0 Å². The average Bonchev–Trinajstić information content (AvgIpc) is 2.70. The van der Waals surface area contributed by atoms with Crippen molar-refractivity contribution >= 4 is 11.9 Å². The molecule has 1 unspecified atom stereocenters. The first kappa shape index (κ1) is 21.4. The van der Waals surface area contributed by atoms with Gasteiger partial charge in [-0.3, -0.25) is 4.79 Å². The van der Waals surface area contributed by atoms with E-state index in [4.69, 9.17) is 0 Å². The number of guanidine groups is 1. The molecule has 2 aromatic carbocycles. The molecule has 5 nitrogen and oxygen atoms in total. The third-order valence-corrected chi connectivity index (χ3v) is 4.32. The van der Waals surface area contributed by atoms with Crippen molar-refractivity contribution in [1.29, 1.82) is 0 Å². The number of carbonyl (C=O) groups is 1. The number of nitrogens with zero attached hydrogens (tertiary/aromatic N) is 1. The standard InChI is InChI=1S/C22H29FN4O/c1-4-16(3)27-21(28)19-11-9-17(10-12-19)14-25-22(24-5-2)26-15-18-7-6-8-20(23)13-18/h6-13,16H,4-5,14-15H2,1-3H3,(H,27,28)(H2,24,25,26). The van der Waals surface area contributed by atoms with Crippen molar-refractivity contribution in [3.05, 3.63) is 71.0 Å². The zero-order valence-corrected chi connectivity index (χ0v) is 16.8. The number of hydrogen-bond donors (Lipinski definition) is 3. The Morgan fingerprint density at radius 2 is 1.82 bits per heavy atom. The number of halogens is 1. The Balaban J connectivity index is 1.93. The number of aliphatic imine (C=N–C) groups is 1. The maximum atomic E-state index is 13.3. The van der Waals surface area contributed by atoms with Crippen LogP contribution in [0.5, 0.6) is 0 Å². The highest BCUT2D eigenvalue weighted by Crippen LogP contribution is 2.06. The van der Waals surface area contributed by atoms with Crippen LogP contribution in [0, 0.1) is 5.82 Å². The van der Waals surface area contributed by atoms with Gasteiger partial charge >= 0.3 is 0 Å². The first-order valence-corrected chi connectivity index (χ1v) is 9.68. The molecule has 0 heterocycles. The molecule has 0 aromatic heterocycles. The predicted octanol–water partition coefficient (Wildman–Crippen LogP) is 3.61. The molecule has 150 valence electrons. The highest BCUT2D eigenvalue weighted by Gasteiger charge is 2.08. The number of amides is 1. The average molecular weight is 384 g/mol. The van der Waals surface area contributed by atoms with Crippen molar-refractivity contribution in [1.82, 2.24) is 16.0 Å². The molecule has 0 bridgehead atoms. The van der Waals surface area contributed by atoms with Crippen LogP contribution < -0.4 is 16.0 Å². The summed E-state index contributed by atoms with van der Waals surface area (Å²) >= 11 is 0. The molecular weight excluding hydrogens is 355 g/mol. The Bertz CT molecular complexity index is 789. The van der Waals surface area contributed by atoms with E-state index in [2.05, 4.69) is 20.9 Å². The molecule has 0 saturated carbocycles. The zero-order chi connectivity index (χ0) is 20.4. The number of benzene rings is 2. The maximum absolute atomic E-state index is 13.3. The van der Waals surface area contributed by atoms with Crippen molar-refractivity contribution in [3.63, 3.8) is 0 Å². The molecule has 0 radical (unpaired) electrons. The number of rotatable bonds is 8. The smallest absolute Gasteiger partial charge is 0.251 e. The van der Waals surface area contributed by atoms with Crippen molar-refractivity contribution in [2.45, 2.75) is 46.3 Å². The Kier molecular flexibility index (Phi) is 8.46. The fraction of sp³-hybridized carbons (Fsp3) is 0.364.